The number of rotatable bonds is 2. The molecule has 1 heterocycles. The van der Waals surface area contributed by atoms with Crippen LogP contribution in [0.5, 0.6) is 0 Å². The molecule has 1 unspecified atom stereocenters. The molecule has 2 nitrogen and oxygen atoms in total. The molecular formula is C9H18N2. The lowest BCUT2D eigenvalue weighted by molar-refractivity contribution is 0.412. The van der Waals surface area contributed by atoms with E-state index in [9.17, 15) is 0 Å². The fourth-order valence-electron chi connectivity index (χ4n) is 1.13. The fraction of sp³-hybridized carbons (Fsp3) is 0.778. The molecule has 0 fully saturated rings. The van der Waals surface area contributed by atoms with Crippen molar-refractivity contribution in [3.8, 4) is 0 Å². The molecule has 0 aromatic heterocycles. The van der Waals surface area contributed by atoms with Crippen LogP contribution in [0.1, 0.15) is 27.7 Å². The van der Waals surface area contributed by atoms with Crippen molar-refractivity contribution in [2.45, 2.75) is 33.9 Å². The van der Waals surface area contributed by atoms with Crippen molar-refractivity contribution in [1.29, 1.82) is 0 Å². The Kier molecular flexibility index (Phi) is 2.42. The highest BCUT2D eigenvalue weighted by Gasteiger charge is 2.18. The molecule has 1 aliphatic heterocycles. The summed E-state index contributed by atoms with van der Waals surface area (Å²) in [5.41, 5.74) is 1.32. The third kappa shape index (κ3) is 1.88. The lowest BCUT2D eigenvalue weighted by atomic mass is 10.1. The second-order valence-corrected chi connectivity index (χ2v) is 3.79. The van der Waals surface area contributed by atoms with Crippen LogP contribution >= 0.6 is 0 Å². The van der Waals surface area contributed by atoms with E-state index in [2.05, 4.69) is 44.5 Å². The van der Waals surface area contributed by atoms with Crippen LogP contribution in [0.3, 0.4) is 0 Å². The third-order valence-electron chi connectivity index (χ3n) is 2.03. The van der Waals surface area contributed by atoms with E-state index in [0.29, 0.717) is 18.0 Å². The highest BCUT2D eigenvalue weighted by Crippen LogP contribution is 2.13. The Labute approximate surface area is 69.1 Å². The molecule has 0 saturated heterocycles. The predicted octanol–water partition coefficient (Wildman–Crippen LogP) is 1.66. The molecule has 0 saturated carbocycles. The van der Waals surface area contributed by atoms with Crippen molar-refractivity contribution in [2.75, 3.05) is 0 Å². The average molecular weight is 154 g/mol. The van der Waals surface area contributed by atoms with Crippen molar-refractivity contribution < 1.29 is 0 Å². The molecular weight excluding hydrogens is 136 g/mol. The molecule has 2 N–H and O–H groups in total. The number of allylic oxidation sites excluding steroid dienone is 1. The average Bonchev–Trinajstić information content (AvgIpc) is 2.33. The number of hydrogen-bond acceptors (Lipinski definition) is 2. The first-order valence-corrected chi connectivity index (χ1v) is 4.34. The molecule has 2 heteroatoms. The zero-order chi connectivity index (χ0) is 8.43. The van der Waals surface area contributed by atoms with Crippen LogP contribution in [0.25, 0.3) is 0 Å². The molecule has 0 spiro atoms. The van der Waals surface area contributed by atoms with Gasteiger partial charge in [0.2, 0.25) is 0 Å². The number of hydrogen-bond donors (Lipinski definition) is 2. The van der Waals surface area contributed by atoms with Crippen molar-refractivity contribution in [1.82, 2.24) is 10.6 Å². The van der Waals surface area contributed by atoms with Gasteiger partial charge in [-0.2, -0.15) is 0 Å². The molecule has 0 amide bonds. The van der Waals surface area contributed by atoms with E-state index in [1.807, 2.05) is 0 Å². The summed E-state index contributed by atoms with van der Waals surface area (Å²) >= 11 is 0. The highest BCUT2D eigenvalue weighted by atomic mass is 15.2. The van der Waals surface area contributed by atoms with Crippen molar-refractivity contribution in [3.63, 3.8) is 0 Å². The zero-order valence-electron chi connectivity index (χ0n) is 7.81. The summed E-state index contributed by atoms with van der Waals surface area (Å²) < 4.78 is 0. The smallest absolute Gasteiger partial charge is 0.0981 e. The SMILES string of the molecule is CC(C)C1=CNC(C(C)C)N1. The van der Waals surface area contributed by atoms with Crippen LogP contribution < -0.4 is 10.6 Å². The third-order valence-corrected chi connectivity index (χ3v) is 2.03. The van der Waals surface area contributed by atoms with E-state index in [4.69, 9.17) is 0 Å². The molecule has 64 valence electrons. The topological polar surface area (TPSA) is 24.1 Å². The van der Waals surface area contributed by atoms with Gasteiger partial charge in [-0.05, 0) is 11.8 Å². The van der Waals surface area contributed by atoms with E-state index in [1.165, 1.54) is 5.70 Å². The Morgan fingerprint density at radius 2 is 1.91 bits per heavy atom. The molecule has 1 aliphatic rings. The van der Waals surface area contributed by atoms with Crippen LogP contribution in [0.4, 0.5) is 0 Å². The van der Waals surface area contributed by atoms with E-state index in [-0.39, 0.29) is 0 Å². The van der Waals surface area contributed by atoms with Gasteiger partial charge in [-0.25, -0.2) is 0 Å². The summed E-state index contributed by atoms with van der Waals surface area (Å²) in [6, 6.07) is 0. The fourth-order valence-corrected chi connectivity index (χ4v) is 1.13. The minimum absolute atomic E-state index is 0.437. The summed E-state index contributed by atoms with van der Waals surface area (Å²) in [6.07, 6.45) is 2.53. The van der Waals surface area contributed by atoms with Crippen LogP contribution in [0.2, 0.25) is 0 Å². The van der Waals surface area contributed by atoms with Gasteiger partial charge in [0.05, 0.1) is 6.17 Å². The van der Waals surface area contributed by atoms with Crippen molar-refractivity contribution >= 4 is 0 Å². The van der Waals surface area contributed by atoms with Crippen molar-refractivity contribution in [3.05, 3.63) is 11.9 Å². The maximum Gasteiger partial charge on any atom is 0.0981 e. The second kappa shape index (κ2) is 3.16. The van der Waals surface area contributed by atoms with E-state index in [1.54, 1.807) is 0 Å². The standard InChI is InChI=1S/C9H18N2/c1-6(2)8-5-10-9(11-8)7(3)4/h5-7,9-11H,1-4H3. The van der Waals surface area contributed by atoms with Crippen LogP contribution in [-0.2, 0) is 0 Å². The quantitative estimate of drug-likeness (QED) is 0.632. The van der Waals surface area contributed by atoms with Gasteiger partial charge in [-0.1, -0.05) is 27.7 Å². The van der Waals surface area contributed by atoms with Crippen LogP contribution in [0, 0.1) is 11.8 Å². The Bertz CT molecular complexity index is 159. The van der Waals surface area contributed by atoms with Gasteiger partial charge < -0.3 is 10.6 Å². The van der Waals surface area contributed by atoms with Gasteiger partial charge in [0.15, 0.2) is 0 Å². The summed E-state index contributed by atoms with van der Waals surface area (Å²) in [5.74, 6) is 1.24. The molecule has 0 aromatic carbocycles. The highest BCUT2D eigenvalue weighted by molar-refractivity contribution is 5.09. The summed E-state index contributed by atoms with van der Waals surface area (Å²) in [5, 5.41) is 6.75. The minimum Gasteiger partial charge on any atom is -0.370 e. The lowest BCUT2D eigenvalue weighted by Crippen LogP contribution is -2.37. The molecule has 1 atom stereocenters. The number of nitrogens with one attached hydrogen (secondary N) is 2. The molecule has 1 rings (SSSR count). The Morgan fingerprint density at radius 1 is 1.27 bits per heavy atom. The van der Waals surface area contributed by atoms with Gasteiger partial charge in [0.1, 0.15) is 0 Å². The maximum absolute atomic E-state index is 3.44. The molecule has 0 radical (unpaired) electrons. The van der Waals surface area contributed by atoms with Gasteiger partial charge in [0, 0.05) is 11.9 Å². The van der Waals surface area contributed by atoms with Crippen LogP contribution in [-0.4, -0.2) is 6.17 Å². The lowest BCUT2D eigenvalue weighted by Gasteiger charge is -2.18. The second-order valence-electron chi connectivity index (χ2n) is 3.79. The maximum atomic E-state index is 3.44. The first kappa shape index (κ1) is 8.44. The van der Waals surface area contributed by atoms with Gasteiger partial charge in [-0.3, -0.25) is 0 Å². The Morgan fingerprint density at radius 3 is 2.18 bits per heavy atom. The minimum atomic E-state index is 0.437. The molecule has 11 heavy (non-hydrogen) atoms. The van der Waals surface area contributed by atoms with Gasteiger partial charge in [0.25, 0.3) is 0 Å². The zero-order valence-corrected chi connectivity index (χ0v) is 7.81. The predicted molar refractivity (Wildman–Crippen MR) is 47.8 cm³/mol. The van der Waals surface area contributed by atoms with Gasteiger partial charge >= 0.3 is 0 Å². The normalized spacial score (nSPS) is 23.5. The van der Waals surface area contributed by atoms with Gasteiger partial charge in [-0.15, -0.1) is 0 Å². The Hall–Kier alpha value is -0.660. The van der Waals surface area contributed by atoms with E-state index < -0.39 is 0 Å². The molecule has 0 aliphatic carbocycles. The van der Waals surface area contributed by atoms with Crippen molar-refractivity contribution in [2.24, 2.45) is 11.8 Å². The van der Waals surface area contributed by atoms with Crippen LogP contribution in [0.15, 0.2) is 11.9 Å². The summed E-state index contributed by atoms with van der Waals surface area (Å²) in [4.78, 5) is 0. The first-order chi connectivity index (χ1) is 5.11. The summed E-state index contributed by atoms with van der Waals surface area (Å²) in [6.45, 7) is 8.82. The Balaban J connectivity index is 2.43. The first-order valence-electron chi connectivity index (χ1n) is 4.34. The summed E-state index contributed by atoms with van der Waals surface area (Å²) in [7, 11) is 0. The van der Waals surface area contributed by atoms with E-state index >= 15 is 0 Å². The monoisotopic (exact) mass is 154 g/mol. The molecule has 0 aromatic rings. The van der Waals surface area contributed by atoms with E-state index in [0.717, 1.165) is 0 Å². The largest absolute Gasteiger partial charge is 0.370 e. The molecule has 0 bridgehead atoms.